The van der Waals surface area contributed by atoms with Crippen LogP contribution in [0, 0.1) is 0 Å². The van der Waals surface area contributed by atoms with E-state index in [1.54, 1.807) is 6.26 Å². The zero-order valence-corrected chi connectivity index (χ0v) is 9.18. The van der Waals surface area contributed by atoms with Crippen LogP contribution in [-0.4, -0.2) is 48.4 Å². The number of rotatable bonds is 2. The topological polar surface area (TPSA) is 29.5 Å². The van der Waals surface area contributed by atoms with Crippen LogP contribution in [0.25, 0.3) is 0 Å². The Hall–Kier alpha value is -0.480. The Kier molecular flexibility index (Phi) is 3.13. The number of ether oxygens (including phenoxy) is 1. The Morgan fingerprint density at radius 2 is 2.57 bits per heavy atom. The Bertz CT molecular complexity index is 265. The van der Waals surface area contributed by atoms with Gasteiger partial charge in [0.1, 0.15) is 0 Å². The smallest absolute Gasteiger partial charge is 0.179 e. The lowest BCUT2D eigenvalue weighted by molar-refractivity contribution is -0.119. The Morgan fingerprint density at radius 3 is 3.21 bits per heavy atom. The quantitative estimate of drug-likeness (QED) is 0.682. The molecule has 78 valence electrons. The van der Waals surface area contributed by atoms with Gasteiger partial charge in [0.25, 0.3) is 0 Å². The van der Waals surface area contributed by atoms with Gasteiger partial charge >= 0.3 is 0 Å². The Balaban J connectivity index is 2.02. The third-order valence-electron chi connectivity index (χ3n) is 2.73. The molecule has 2 heterocycles. The van der Waals surface area contributed by atoms with Gasteiger partial charge in [-0.05, 0) is 7.05 Å². The minimum atomic E-state index is 0.0710. The Morgan fingerprint density at radius 1 is 1.71 bits per heavy atom. The van der Waals surface area contributed by atoms with E-state index in [2.05, 4.69) is 4.90 Å². The van der Waals surface area contributed by atoms with E-state index in [4.69, 9.17) is 4.74 Å². The van der Waals surface area contributed by atoms with Crippen molar-refractivity contribution in [3.63, 3.8) is 0 Å². The monoisotopic (exact) mass is 213 g/mol. The van der Waals surface area contributed by atoms with Crippen molar-refractivity contribution in [1.82, 2.24) is 4.90 Å². The van der Waals surface area contributed by atoms with E-state index in [0.717, 1.165) is 30.0 Å². The molecule has 2 aliphatic heterocycles. The van der Waals surface area contributed by atoms with E-state index >= 15 is 0 Å². The molecule has 1 atom stereocenters. The maximum Gasteiger partial charge on any atom is 0.179 e. The van der Waals surface area contributed by atoms with Crippen LogP contribution in [0.3, 0.4) is 0 Å². The minimum Gasteiger partial charge on any atom is -0.500 e. The van der Waals surface area contributed by atoms with Gasteiger partial charge < -0.3 is 4.74 Å². The van der Waals surface area contributed by atoms with Crippen LogP contribution < -0.4 is 0 Å². The van der Waals surface area contributed by atoms with Crippen molar-refractivity contribution in [1.29, 1.82) is 0 Å². The number of ketones is 1. The first kappa shape index (κ1) is 10.1. The van der Waals surface area contributed by atoms with Gasteiger partial charge in [-0.2, -0.15) is 11.8 Å². The molecule has 3 nitrogen and oxygen atoms in total. The summed E-state index contributed by atoms with van der Waals surface area (Å²) in [5, 5.41) is 0. The minimum absolute atomic E-state index is 0.0710. The van der Waals surface area contributed by atoms with Crippen LogP contribution in [0.4, 0.5) is 0 Å². The van der Waals surface area contributed by atoms with Crippen LogP contribution in [0.5, 0.6) is 0 Å². The SMILES string of the molecule is CN1CCSCC1C(=O)C1=COCC1. The summed E-state index contributed by atoms with van der Waals surface area (Å²) >= 11 is 1.86. The van der Waals surface area contributed by atoms with Crippen molar-refractivity contribution in [2.75, 3.05) is 31.7 Å². The first-order chi connectivity index (χ1) is 6.79. The molecule has 0 saturated carbocycles. The summed E-state index contributed by atoms with van der Waals surface area (Å²) < 4.78 is 5.10. The van der Waals surface area contributed by atoms with E-state index < -0.39 is 0 Å². The van der Waals surface area contributed by atoms with E-state index in [-0.39, 0.29) is 11.8 Å². The van der Waals surface area contributed by atoms with Gasteiger partial charge in [0.05, 0.1) is 18.9 Å². The molecular formula is C10H15NO2S. The van der Waals surface area contributed by atoms with Gasteiger partial charge in [-0.15, -0.1) is 0 Å². The number of hydrogen-bond donors (Lipinski definition) is 0. The highest BCUT2D eigenvalue weighted by Crippen LogP contribution is 2.21. The number of likely N-dealkylation sites (N-methyl/N-ethyl adjacent to an activating group) is 1. The number of thioether (sulfide) groups is 1. The molecule has 4 heteroatoms. The van der Waals surface area contributed by atoms with Crippen LogP contribution in [0.15, 0.2) is 11.8 Å². The van der Waals surface area contributed by atoms with Crippen molar-refractivity contribution in [2.45, 2.75) is 12.5 Å². The second kappa shape index (κ2) is 4.36. The molecule has 0 aromatic rings. The van der Waals surface area contributed by atoms with Gasteiger partial charge in [0, 0.05) is 30.0 Å². The summed E-state index contributed by atoms with van der Waals surface area (Å²) in [6.07, 6.45) is 2.42. The van der Waals surface area contributed by atoms with Crippen molar-refractivity contribution in [3.8, 4) is 0 Å². The summed E-state index contributed by atoms with van der Waals surface area (Å²) in [5.41, 5.74) is 0.865. The highest BCUT2D eigenvalue weighted by atomic mass is 32.2. The average Bonchev–Trinajstić information content (AvgIpc) is 2.70. The van der Waals surface area contributed by atoms with E-state index in [9.17, 15) is 4.79 Å². The molecule has 14 heavy (non-hydrogen) atoms. The standard InChI is InChI=1S/C10H15NO2S/c1-11-3-5-14-7-9(11)10(12)8-2-4-13-6-8/h6,9H,2-5,7H2,1H3. The first-order valence-electron chi connectivity index (χ1n) is 4.92. The molecule has 0 N–H and O–H groups in total. The summed E-state index contributed by atoms with van der Waals surface area (Å²) in [4.78, 5) is 14.2. The van der Waals surface area contributed by atoms with Crippen LogP contribution in [-0.2, 0) is 9.53 Å². The molecule has 1 fully saturated rings. The van der Waals surface area contributed by atoms with Gasteiger partial charge in [-0.25, -0.2) is 0 Å². The maximum atomic E-state index is 12.0. The first-order valence-corrected chi connectivity index (χ1v) is 6.07. The van der Waals surface area contributed by atoms with Gasteiger partial charge in [-0.3, -0.25) is 9.69 Å². The lowest BCUT2D eigenvalue weighted by atomic mass is 10.0. The molecule has 1 unspecified atom stereocenters. The van der Waals surface area contributed by atoms with Crippen LogP contribution in [0.1, 0.15) is 6.42 Å². The van der Waals surface area contributed by atoms with E-state index in [1.807, 2.05) is 18.8 Å². The predicted molar refractivity (Wildman–Crippen MR) is 57.4 cm³/mol. The highest BCUT2D eigenvalue weighted by molar-refractivity contribution is 7.99. The molecule has 0 aliphatic carbocycles. The summed E-state index contributed by atoms with van der Waals surface area (Å²) in [6.45, 7) is 1.68. The normalized spacial score (nSPS) is 28.4. The molecule has 1 saturated heterocycles. The van der Waals surface area contributed by atoms with Crippen LogP contribution >= 0.6 is 11.8 Å². The van der Waals surface area contributed by atoms with Crippen LogP contribution in [0.2, 0.25) is 0 Å². The Labute approximate surface area is 88.5 Å². The van der Waals surface area contributed by atoms with E-state index in [0.29, 0.717) is 6.61 Å². The molecule has 0 spiro atoms. The lowest BCUT2D eigenvalue weighted by Gasteiger charge is -2.30. The number of nitrogens with zero attached hydrogens (tertiary/aromatic N) is 1. The van der Waals surface area contributed by atoms with Crippen molar-refractivity contribution < 1.29 is 9.53 Å². The van der Waals surface area contributed by atoms with Crippen molar-refractivity contribution >= 4 is 17.5 Å². The zero-order chi connectivity index (χ0) is 9.97. The average molecular weight is 213 g/mol. The molecule has 2 rings (SSSR count). The fourth-order valence-corrected chi connectivity index (χ4v) is 2.96. The van der Waals surface area contributed by atoms with E-state index in [1.165, 1.54) is 0 Å². The fraction of sp³-hybridized carbons (Fsp3) is 0.700. The zero-order valence-electron chi connectivity index (χ0n) is 8.36. The molecular weight excluding hydrogens is 198 g/mol. The van der Waals surface area contributed by atoms with Crippen molar-refractivity contribution in [2.24, 2.45) is 0 Å². The third kappa shape index (κ3) is 1.96. The summed E-state index contributed by atoms with van der Waals surface area (Å²) in [7, 11) is 2.03. The fourth-order valence-electron chi connectivity index (χ4n) is 1.75. The number of carbonyl (C=O) groups excluding carboxylic acids is 1. The van der Waals surface area contributed by atoms with Gasteiger partial charge in [0.15, 0.2) is 5.78 Å². The number of hydrogen-bond acceptors (Lipinski definition) is 4. The molecule has 0 aromatic carbocycles. The predicted octanol–water partition coefficient (Wildman–Crippen LogP) is 0.907. The number of Topliss-reactive ketones (excluding diaryl/α,β-unsaturated/α-hetero) is 1. The van der Waals surface area contributed by atoms with Gasteiger partial charge in [0.2, 0.25) is 0 Å². The highest BCUT2D eigenvalue weighted by Gasteiger charge is 2.29. The van der Waals surface area contributed by atoms with Gasteiger partial charge in [-0.1, -0.05) is 0 Å². The maximum absolute atomic E-state index is 12.0. The second-order valence-electron chi connectivity index (χ2n) is 3.70. The largest absolute Gasteiger partial charge is 0.500 e. The van der Waals surface area contributed by atoms with Crippen molar-refractivity contribution in [3.05, 3.63) is 11.8 Å². The third-order valence-corrected chi connectivity index (χ3v) is 3.75. The number of carbonyl (C=O) groups is 1. The molecule has 0 aromatic heterocycles. The molecule has 0 radical (unpaired) electrons. The molecule has 0 bridgehead atoms. The lowest BCUT2D eigenvalue weighted by Crippen LogP contribution is -2.45. The molecule has 2 aliphatic rings. The molecule has 0 amide bonds. The second-order valence-corrected chi connectivity index (χ2v) is 4.85. The summed E-state index contributed by atoms with van der Waals surface area (Å²) in [6, 6.07) is 0.0710. The summed E-state index contributed by atoms with van der Waals surface area (Å²) in [5.74, 6) is 2.32.